The van der Waals surface area contributed by atoms with Crippen LogP contribution in [-0.4, -0.2) is 19.3 Å². The van der Waals surface area contributed by atoms with Crippen molar-refractivity contribution in [2.75, 3.05) is 13.2 Å². The highest BCUT2D eigenvalue weighted by Gasteiger charge is 2.21. The molecule has 0 amide bonds. The minimum Gasteiger partial charge on any atom is -0.490 e. The Kier molecular flexibility index (Phi) is 3.97. The predicted octanol–water partition coefficient (Wildman–Crippen LogP) is 4.20. The van der Waals surface area contributed by atoms with Gasteiger partial charge in [0.05, 0.1) is 0 Å². The van der Waals surface area contributed by atoms with Gasteiger partial charge < -0.3 is 14.2 Å². The highest BCUT2D eigenvalue weighted by atomic mass is 16.6. The Labute approximate surface area is 131 Å². The maximum absolute atomic E-state index is 5.88. The van der Waals surface area contributed by atoms with Crippen LogP contribution in [0, 0.1) is 0 Å². The molecule has 3 nitrogen and oxygen atoms in total. The van der Waals surface area contributed by atoms with Gasteiger partial charge in [0.1, 0.15) is 19.0 Å². The Morgan fingerprint density at radius 2 is 1.68 bits per heavy atom. The van der Waals surface area contributed by atoms with Gasteiger partial charge >= 0.3 is 0 Å². The molecule has 0 saturated carbocycles. The standard InChI is InChI=1S/C19H22O3/c1-19(2,3)14-8-10-15(11-9-14)20-12-16-13-21-17-6-4-5-7-18(17)22-16/h4-11,16H,12-13H2,1-3H3. The van der Waals surface area contributed by atoms with Crippen LogP contribution in [0.1, 0.15) is 26.3 Å². The van der Waals surface area contributed by atoms with E-state index in [9.17, 15) is 0 Å². The molecule has 3 heteroatoms. The summed E-state index contributed by atoms with van der Waals surface area (Å²) >= 11 is 0. The first-order chi connectivity index (χ1) is 10.5. The summed E-state index contributed by atoms with van der Waals surface area (Å²) in [6.45, 7) is 7.59. The fourth-order valence-electron chi connectivity index (χ4n) is 2.39. The van der Waals surface area contributed by atoms with Gasteiger partial charge in [-0.2, -0.15) is 0 Å². The number of hydrogen-bond acceptors (Lipinski definition) is 3. The molecule has 0 bridgehead atoms. The fraction of sp³-hybridized carbons (Fsp3) is 0.368. The first-order valence-corrected chi connectivity index (χ1v) is 7.64. The summed E-state index contributed by atoms with van der Waals surface area (Å²) in [6, 6.07) is 16.0. The molecule has 0 fully saturated rings. The monoisotopic (exact) mass is 298 g/mol. The second kappa shape index (κ2) is 5.91. The third-order valence-electron chi connectivity index (χ3n) is 3.72. The molecular weight excluding hydrogens is 276 g/mol. The third-order valence-corrected chi connectivity index (χ3v) is 3.72. The van der Waals surface area contributed by atoms with Gasteiger partial charge in [0.25, 0.3) is 0 Å². The Hall–Kier alpha value is -2.16. The van der Waals surface area contributed by atoms with Crippen LogP contribution in [0.25, 0.3) is 0 Å². The van der Waals surface area contributed by atoms with E-state index >= 15 is 0 Å². The normalized spacial score (nSPS) is 17.1. The average molecular weight is 298 g/mol. The van der Waals surface area contributed by atoms with Crippen LogP contribution in [0.4, 0.5) is 0 Å². The number of benzene rings is 2. The molecule has 0 spiro atoms. The highest BCUT2D eigenvalue weighted by molar-refractivity contribution is 5.40. The Balaban J connectivity index is 1.57. The molecule has 3 rings (SSSR count). The summed E-state index contributed by atoms with van der Waals surface area (Å²) in [4.78, 5) is 0. The lowest BCUT2D eigenvalue weighted by Gasteiger charge is -2.26. The summed E-state index contributed by atoms with van der Waals surface area (Å²) in [6.07, 6.45) is -0.0859. The van der Waals surface area contributed by atoms with Crippen molar-refractivity contribution in [3.8, 4) is 17.2 Å². The van der Waals surface area contributed by atoms with Crippen molar-refractivity contribution in [2.24, 2.45) is 0 Å². The van der Waals surface area contributed by atoms with Crippen LogP contribution in [0.15, 0.2) is 48.5 Å². The van der Waals surface area contributed by atoms with Crippen LogP contribution < -0.4 is 14.2 Å². The summed E-state index contributed by atoms with van der Waals surface area (Å²) < 4.78 is 17.4. The van der Waals surface area contributed by atoms with E-state index in [-0.39, 0.29) is 11.5 Å². The smallest absolute Gasteiger partial charge is 0.166 e. The molecule has 0 N–H and O–H groups in total. The molecular formula is C19H22O3. The highest BCUT2D eigenvalue weighted by Crippen LogP contribution is 2.31. The van der Waals surface area contributed by atoms with Crippen LogP contribution in [0.2, 0.25) is 0 Å². The van der Waals surface area contributed by atoms with E-state index in [2.05, 4.69) is 32.9 Å². The van der Waals surface area contributed by atoms with Crippen LogP contribution in [0.5, 0.6) is 17.2 Å². The maximum Gasteiger partial charge on any atom is 0.166 e. The van der Waals surface area contributed by atoms with Gasteiger partial charge in [-0.1, -0.05) is 45.0 Å². The number of hydrogen-bond donors (Lipinski definition) is 0. The zero-order valence-corrected chi connectivity index (χ0v) is 13.3. The summed E-state index contributed by atoms with van der Waals surface area (Å²) in [5.74, 6) is 2.44. The molecule has 0 aromatic heterocycles. The maximum atomic E-state index is 5.88. The molecule has 0 radical (unpaired) electrons. The van der Waals surface area contributed by atoms with Crippen molar-refractivity contribution in [3.05, 3.63) is 54.1 Å². The van der Waals surface area contributed by atoms with Gasteiger partial charge in [0.2, 0.25) is 0 Å². The summed E-state index contributed by atoms with van der Waals surface area (Å²) in [5, 5.41) is 0. The van der Waals surface area contributed by atoms with Crippen molar-refractivity contribution in [2.45, 2.75) is 32.3 Å². The minimum absolute atomic E-state index is 0.0859. The van der Waals surface area contributed by atoms with Crippen LogP contribution in [-0.2, 0) is 5.41 Å². The molecule has 22 heavy (non-hydrogen) atoms. The van der Waals surface area contributed by atoms with Crippen molar-refractivity contribution in [1.82, 2.24) is 0 Å². The molecule has 1 unspecified atom stereocenters. The van der Waals surface area contributed by atoms with Gasteiger partial charge in [-0.3, -0.25) is 0 Å². The van der Waals surface area contributed by atoms with E-state index in [0.29, 0.717) is 13.2 Å². The lowest BCUT2D eigenvalue weighted by molar-refractivity contribution is 0.0535. The predicted molar refractivity (Wildman–Crippen MR) is 87.0 cm³/mol. The van der Waals surface area contributed by atoms with E-state index < -0.39 is 0 Å². The molecule has 2 aromatic rings. The number of rotatable bonds is 3. The lowest BCUT2D eigenvalue weighted by Crippen LogP contribution is -2.34. The number of ether oxygens (including phenoxy) is 3. The van der Waals surface area contributed by atoms with E-state index in [1.165, 1.54) is 5.56 Å². The zero-order valence-electron chi connectivity index (χ0n) is 13.3. The SMILES string of the molecule is CC(C)(C)c1ccc(OCC2COc3ccccc3O2)cc1. The van der Waals surface area contributed by atoms with Crippen molar-refractivity contribution in [1.29, 1.82) is 0 Å². The second-order valence-corrected chi connectivity index (χ2v) is 6.58. The Bertz CT molecular complexity index is 626. The quantitative estimate of drug-likeness (QED) is 0.850. The van der Waals surface area contributed by atoms with Gasteiger partial charge in [-0.25, -0.2) is 0 Å². The fourth-order valence-corrected chi connectivity index (χ4v) is 2.39. The zero-order chi connectivity index (χ0) is 15.6. The largest absolute Gasteiger partial charge is 0.490 e. The van der Waals surface area contributed by atoms with Crippen LogP contribution in [0.3, 0.4) is 0 Å². The Morgan fingerprint density at radius 1 is 1.00 bits per heavy atom. The molecule has 1 aliphatic heterocycles. The number of fused-ring (bicyclic) bond motifs is 1. The molecule has 1 atom stereocenters. The van der Waals surface area contributed by atoms with E-state index in [1.807, 2.05) is 36.4 Å². The molecule has 2 aromatic carbocycles. The van der Waals surface area contributed by atoms with E-state index in [1.54, 1.807) is 0 Å². The topological polar surface area (TPSA) is 27.7 Å². The van der Waals surface area contributed by atoms with E-state index in [4.69, 9.17) is 14.2 Å². The third kappa shape index (κ3) is 3.35. The lowest BCUT2D eigenvalue weighted by atomic mass is 9.87. The minimum atomic E-state index is -0.0859. The van der Waals surface area contributed by atoms with Gasteiger partial charge in [0.15, 0.2) is 17.6 Å². The van der Waals surface area contributed by atoms with Gasteiger partial charge in [0, 0.05) is 0 Å². The summed E-state index contributed by atoms with van der Waals surface area (Å²) in [7, 11) is 0. The first kappa shape index (κ1) is 14.8. The van der Waals surface area contributed by atoms with Crippen molar-refractivity contribution < 1.29 is 14.2 Å². The molecule has 116 valence electrons. The van der Waals surface area contributed by atoms with Gasteiger partial charge in [-0.15, -0.1) is 0 Å². The van der Waals surface area contributed by atoms with Crippen LogP contribution >= 0.6 is 0 Å². The summed E-state index contributed by atoms with van der Waals surface area (Å²) in [5.41, 5.74) is 1.45. The molecule has 0 aliphatic carbocycles. The molecule has 0 saturated heterocycles. The average Bonchev–Trinajstić information content (AvgIpc) is 2.52. The van der Waals surface area contributed by atoms with Crippen molar-refractivity contribution in [3.63, 3.8) is 0 Å². The molecule has 1 aliphatic rings. The first-order valence-electron chi connectivity index (χ1n) is 7.64. The van der Waals surface area contributed by atoms with Gasteiger partial charge in [-0.05, 0) is 35.2 Å². The Morgan fingerprint density at radius 3 is 2.36 bits per heavy atom. The van der Waals surface area contributed by atoms with E-state index in [0.717, 1.165) is 17.2 Å². The second-order valence-electron chi connectivity index (χ2n) is 6.58. The van der Waals surface area contributed by atoms with Crippen molar-refractivity contribution >= 4 is 0 Å². The molecule has 1 heterocycles. The number of para-hydroxylation sites is 2.